The number of hydrogen-bond donors (Lipinski definition) is 2. The molecule has 2 aromatic rings. The minimum absolute atomic E-state index is 0.0336. The molecule has 3 rings (SSSR count). The third-order valence-electron chi connectivity index (χ3n) is 3.27. The first-order chi connectivity index (χ1) is 9.33. The summed E-state index contributed by atoms with van der Waals surface area (Å²) in [5.74, 6) is 0.0336. The third-order valence-corrected chi connectivity index (χ3v) is 3.27. The fraction of sp³-hybridized carbons (Fsp3) is 0.333. The zero-order valence-electron chi connectivity index (χ0n) is 10.7. The monoisotopic (exact) mass is 255 g/mol. The highest BCUT2D eigenvalue weighted by Gasteiger charge is 2.20. The van der Waals surface area contributed by atoms with Crippen LogP contribution >= 0.6 is 0 Å². The molecule has 1 aromatic carbocycles. The van der Waals surface area contributed by atoms with E-state index >= 15 is 0 Å². The molecule has 0 radical (unpaired) electrons. The van der Waals surface area contributed by atoms with Gasteiger partial charge >= 0.3 is 0 Å². The van der Waals surface area contributed by atoms with Crippen molar-refractivity contribution >= 4 is 22.5 Å². The van der Waals surface area contributed by atoms with Gasteiger partial charge in [0.25, 0.3) is 0 Å². The van der Waals surface area contributed by atoms with Crippen molar-refractivity contribution in [1.29, 1.82) is 0 Å². The van der Waals surface area contributed by atoms with Crippen LogP contribution in [-0.2, 0) is 4.79 Å². The molecular weight excluding hydrogens is 238 g/mol. The predicted molar refractivity (Wildman–Crippen MR) is 76.0 cm³/mol. The molecule has 19 heavy (non-hydrogen) atoms. The van der Waals surface area contributed by atoms with Gasteiger partial charge in [0.2, 0.25) is 5.91 Å². The number of rotatable bonds is 5. The Hall–Kier alpha value is -1.94. The van der Waals surface area contributed by atoms with Crippen LogP contribution in [0.4, 0.5) is 5.69 Å². The smallest absolute Gasteiger partial charge is 0.225 e. The maximum absolute atomic E-state index is 11.9. The first-order valence-corrected chi connectivity index (χ1v) is 6.70. The normalized spacial score (nSPS) is 14.5. The highest BCUT2D eigenvalue weighted by Crippen LogP contribution is 2.21. The number of nitrogens with zero attached hydrogens (tertiary/aromatic N) is 1. The maximum Gasteiger partial charge on any atom is 0.225 e. The summed E-state index contributed by atoms with van der Waals surface area (Å²) in [4.78, 5) is 16.2. The fourth-order valence-electron chi connectivity index (χ4n) is 2.10. The minimum atomic E-state index is 0.0336. The van der Waals surface area contributed by atoms with Crippen LogP contribution in [0.25, 0.3) is 10.9 Å². The standard InChI is InChI=1S/C15H17N3O/c19-14(8-10-16-12-6-7-12)18-13-5-1-3-11-4-2-9-17-15(11)13/h1-5,9,12,16H,6-8,10H2,(H,18,19). The third kappa shape index (κ3) is 3.09. The first kappa shape index (κ1) is 12.1. The quantitative estimate of drug-likeness (QED) is 0.862. The number of pyridine rings is 1. The molecule has 1 aliphatic carbocycles. The van der Waals surface area contributed by atoms with Crippen molar-refractivity contribution in [2.75, 3.05) is 11.9 Å². The number of carbonyl (C=O) groups excluding carboxylic acids is 1. The molecule has 98 valence electrons. The van der Waals surface area contributed by atoms with Crippen LogP contribution in [0, 0.1) is 0 Å². The van der Waals surface area contributed by atoms with Gasteiger partial charge in [-0.25, -0.2) is 0 Å². The summed E-state index contributed by atoms with van der Waals surface area (Å²) in [5.41, 5.74) is 1.63. The molecule has 0 spiro atoms. The summed E-state index contributed by atoms with van der Waals surface area (Å²) in [5, 5.41) is 7.31. The van der Waals surface area contributed by atoms with Crippen molar-refractivity contribution in [1.82, 2.24) is 10.3 Å². The number of benzene rings is 1. The summed E-state index contributed by atoms with van der Waals surface area (Å²) >= 11 is 0. The second-order valence-corrected chi connectivity index (χ2v) is 4.91. The molecule has 0 unspecified atom stereocenters. The molecule has 1 aliphatic rings. The van der Waals surface area contributed by atoms with E-state index in [0.717, 1.165) is 23.1 Å². The van der Waals surface area contributed by atoms with Gasteiger partial charge < -0.3 is 10.6 Å². The lowest BCUT2D eigenvalue weighted by Gasteiger charge is -2.08. The van der Waals surface area contributed by atoms with E-state index in [0.29, 0.717) is 12.5 Å². The van der Waals surface area contributed by atoms with Crippen LogP contribution in [0.3, 0.4) is 0 Å². The van der Waals surface area contributed by atoms with Crippen molar-refractivity contribution in [3.05, 3.63) is 36.5 Å². The number of aromatic nitrogens is 1. The Labute approximate surface area is 112 Å². The van der Waals surface area contributed by atoms with Gasteiger partial charge in [-0.2, -0.15) is 0 Å². The molecule has 1 saturated carbocycles. The molecular formula is C15H17N3O. The van der Waals surface area contributed by atoms with E-state index in [2.05, 4.69) is 15.6 Å². The molecule has 1 amide bonds. The zero-order chi connectivity index (χ0) is 13.1. The van der Waals surface area contributed by atoms with Gasteiger partial charge in [0.05, 0.1) is 11.2 Å². The Morgan fingerprint density at radius 1 is 1.26 bits per heavy atom. The predicted octanol–water partition coefficient (Wildman–Crippen LogP) is 2.32. The highest BCUT2D eigenvalue weighted by atomic mass is 16.1. The van der Waals surface area contributed by atoms with Crippen molar-refractivity contribution in [2.24, 2.45) is 0 Å². The summed E-state index contributed by atoms with van der Waals surface area (Å²) in [6.07, 6.45) is 4.73. The Balaban J connectivity index is 1.64. The van der Waals surface area contributed by atoms with Crippen LogP contribution in [0.2, 0.25) is 0 Å². The van der Waals surface area contributed by atoms with Crippen molar-refractivity contribution < 1.29 is 4.79 Å². The average molecular weight is 255 g/mol. The van der Waals surface area contributed by atoms with Crippen molar-refractivity contribution in [3.8, 4) is 0 Å². The van der Waals surface area contributed by atoms with Gasteiger partial charge in [0.15, 0.2) is 0 Å². The maximum atomic E-state index is 11.9. The van der Waals surface area contributed by atoms with E-state index in [1.165, 1.54) is 12.8 Å². The Morgan fingerprint density at radius 2 is 2.11 bits per heavy atom. The molecule has 0 atom stereocenters. The molecule has 0 aliphatic heterocycles. The van der Waals surface area contributed by atoms with Gasteiger partial charge in [-0.1, -0.05) is 18.2 Å². The number of fused-ring (bicyclic) bond motifs is 1. The lowest BCUT2D eigenvalue weighted by atomic mass is 10.2. The number of nitrogens with one attached hydrogen (secondary N) is 2. The zero-order valence-corrected chi connectivity index (χ0v) is 10.7. The second-order valence-electron chi connectivity index (χ2n) is 4.91. The molecule has 4 nitrogen and oxygen atoms in total. The van der Waals surface area contributed by atoms with Crippen LogP contribution in [0.5, 0.6) is 0 Å². The summed E-state index contributed by atoms with van der Waals surface area (Å²) in [6.45, 7) is 0.745. The lowest BCUT2D eigenvalue weighted by Crippen LogP contribution is -2.23. The average Bonchev–Trinajstić information content (AvgIpc) is 3.23. The van der Waals surface area contributed by atoms with Crippen molar-refractivity contribution in [2.45, 2.75) is 25.3 Å². The van der Waals surface area contributed by atoms with Crippen LogP contribution < -0.4 is 10.6 Å². The Kier molecular flexibility index (Phi) is 3.42. The number of carbonyl (C=O) groups is 1. The summed E-state index contributed by atoms with van der Waals surface area (Å²) in [7, 11) is 0. The number of amides is 1. The molecule has 1 heterocycles. The van der Waals surface area contributed by atoms with Gasteiger partial charge in [0.1, 0.15) is 0 Å². The Morgan fingerprint density at radius 3 is 2.95 bits per heavy atom. The van der Waals surface area contributed by atoms with Gasteiger partial charge in [-0.15, -0.1) is 0 Å². The second kappa shape index (κ2) is 5.36. The van der Waals surface area contributed by atoms with Gasteiger partial charge in [0, 0.05) is 30.6 Å². The molecule has 2 N–H and O–H groups in total. The van der Waals surface area contributed by atoms with Gasteiger partial charge in [-0.3, -0.25) is 9.78 Å². The van der Waals surface area contributed by atoms with E-state index in [1.807, 2.05) is 30.3 Å². The van der Waals surface area contributed by atoms with E-state index in [4.69, 9.17) is 0 Å². The summed E-state index contributed by atoms with van der Waals surface area (Å²) in [6, 6.07) is 10.4. The van der Waals surface area contributed by atoms with Crippen molar-refractivity contribution in [3.63, 3.8) is 0 Å². The van der Waals surface area contributed by atoms with E-state index in [-0.39, 0.29) is 5.91 Å². The molecule has 4 heteroatoms. The SMILES string of the molecule is O=C(CCNC1CC1)Nc1cccc2cccnc12. The first-order valence-electron chi connectivity index (χ1n) is 6.70. The summed E-state index contributed by atoms with van der Waals surface area (Å²) < 4.78 is 0. The number of para-hydroxylation sites is 1. The molecule has 1 aromatic heterocycles. The lowest BCUT2D eigenvalue weighted by molar-refractivity contribution is -0.116. The topological polar surface area (TPSA) is 54.0 Å². The van der Waals surface area contributed by atoms with E-state index in [9.17, 15) is 4.79 Å². The number of hydrogen-bond acceptors (Lipinski definition) is 3. The van der Waals surface area contributed by atoms with Crippen LogP contribution in [-0.4, -0.2) is 23.5 Å². The molecule has 1 fully saturated rings. The van der Waals surface area contributed by atoms with Crippen LogP contribution in [0.1, 0.15) is 19.3 Å². The molecule has 0 bridgehead atoms. The van der Waals surface area contributed by atoms with Gasteiger partial charge in [-0.05, 0) is 25.0 Å². The number of anilines is 1. The minimum Gasteiger partial charge on any atom is -0.324 e. The molecule has 0 saturated heterocycles. The van der Waals surface area contributed by atoms with E-state index in [1.54, 1.807) is 6.20 Å². The highest BCUT2D eigenvalue weighted by molar-refractivity contribution is 6.00. The fourth-order valence-corrected chi connectivity index (χ4v) is 2.10. The van der Waals surface area contributed by atoms with E-state index < -0.39 is 0 Å². The van der Waals surface area contributed by atoms with Crippen LogP contribution in [0.15, 0.2) is 36.5 Å². The Bertz CT molecular complexity index is 587. The largest absolute Gasteiger partial charge is 0.324 e.